The Hall–Kier alpha value is -1.00. The van der Waals surface area contributed by atoms with Gasteiger partial charge in [-0.3, -0.25) is 0 Å². The molecule has 1 aromatic carbocycles. The minimum atomic E-state index is 0.239. The predicted octanol–water partition coefficient (Wildman–Crippen LogP) is 3.16. The first kappa shape index (κ1) is 10.5. The Morgan fingerprint density at radius 1 is 1.53 bits per heavy atom. The molecule has 0 amide bonds. The number of hydrogen-bond acceptors (Lipinski definition) is 1. The van der Waals surface area contributed by atoms with E-state index in [-0.39, 0.29) is 5.88 Å². The predicted molar refractivity (Wildman–Crippen MR) is 68.0 cm³/mol. The molecule has 0 aliphatic rings. The van der Waals surface area contributed by atoms with E-state index < -0.39 is 0 Å². The summed E-state index contributed by atoms with van der Waals surface area (Å²) in [6.45, 7) is 0. The Bertz CT molecular complexity index is 518. The minimum absolute atomic E-state index is 0.239. The van der Waals surface area contributed by atoms with Gasteiger partial charge in [-0.15, -0.1) is 11.6 Å². The molecule has 0 saturated carbocycles. The van der Waals surface area contributed by atoms with Crippen molar-refractivity contribution in [3.05, 3.63) is 28.9 Å². The maximum Gasteiger partial charge on any atom is 0.115 e. The molecule has 0 spiro atoms. The Morgan fingerprint density at radius 2 is 2.33 bits per heavy atom. The zero-order valence-corrected chi connectivity index (χ0v) is 10.1. The van der Waals surface area contributed by atoms with E-state index in [1.807, 2.05) is 24.4 Å². The highest BCUT2D eigenvalue weighted by molar-refractivity contribution is 9.10. The second kappa shape index (κ2) is 4.24. The van der Waals surface area contributed by atoms with Crippen molar-refractivity contribution in [3.63, 3.8) is 0 Å². The lowest BCUT2D eigenvalue weighted by Crippen LogP contribution is -2.12. The van der Waals surface area contributed by atoms with Gasteiger partial charge < -0.3 is 10.7 Å². The van der Waals surface area contributed by atoms with E-state index in [1.54, 1.807) is 0 Å². The van der Waals surface area contributed by atoms with Gasteiger partial charge in [0.25, 0.3) is 0 Å². The molecule has 0 fully saturated rings. The van der Waals surface area contributed by atoms with Crippen molar-refractivity contribution in [2.24, 2.45) is 10.7 Å². The van der Waals surface area contributed by atoms with Gasteiger partial charge >= 0.3 is 0 Å². The van der Waals surface area contributed by atoms with Gasteiger partial charge in [0.15, 0.2) is 0 Å². The first-order valence-electron chi connectivity index (χ1n) is 4.36. The van der Waals surface area contributed by atoms with Crippen molar-refractivity contribution in [1.82, 2.24) is 4.98 Å². The summed E-state index contributed by atoms with van der Waals surface area (Å²) in [4.78, 5) is 7.32. The largest absolute Gasteiger partial charge is 0.386 e. The fourth-order valence-corrected chi connectivity index (χ4v) is 2.01. The molecule has 15 heavy (non-hydrogen) atoms. The molecule has 1 aromatic heterocycles. The molecule has 3 nitrogen and oxygen atoms in total. The quantitative estimate of drug-likeness (QED) is 0.497. The lowest BCUT2D eigenvalue weighted by atomic mass is 10.2. The fourth-order valence-electron chi connectivity index (χ4n) is 1.37. The van der Waals surface area contributed by atoms with Crippen LogP contribution in [0.4, 0.5) is 5.69 Å². The standard InChI is InChI=1S/C10H9BrClN3/c11-8-4-7(15-9(13)5-12)3-6-1-2-14-10(6)8/h1-4,14H,5H2,(H2,13,15). The normalized spacial score (nSPS) is 12.3. The van der Waals surface area contributed by atoms with Crippen LogP contribution in [0, 0.1) is 0 Å². The average Bonchev–Trinajstić information content (AvgIpc) is 2.66. The van der Waals surface area contributed by atoms with Gasteiger partial charge in [0.05, 0.1) is 17.1 Å². The molecule has 0 atom stereocenters. The van der Waals surface area contributed by atoms with Gasteiger partial charge in [0, 0.05) is 16.1 Å². The van der Waals surface area contributed by atoms with E-state index in [4.69, 9.17) is 17.3 Å². The van der Waals surface area contributed by atoms with Crippen LogP contribution in [0.5, 0.6) is 0 Å². The van der Waals surface area contributed by atoms with Crippen molar-refractivity contribution in [2.75, 3.05) is 5.88 Å². The third-order valence-electron chi connectivity index (χ3n) is 2.01. The lowest BCUT2D eigenvalue weighted by molar-refractivity contribution is 1.44. The molecular weight excluding hydrogens is 277 g/mol. The van der Waals surface area contributed by atoms with E-state index in [9.17, 15) is 0 Å². The van der Waals surface area contributed by atoms with E-state index in [0.29, 0.717) is 5.84 Å². The fraction of sp³-hybridized carbons (Fsp3) is 0.100. The number of aliphatic imine (C=N–C) groups is 1. The van der Waals surface area contributed by atoms with Crippen LogP contribution in [-0.4, -0.2) is 16.7 Å². The van der Waals surface area contributed by atoms with Crippen molar-refractivity contribution >= 4 is 50.0 Å². The number of fused-ring (bicyclic) bond motifs is 1. The number of nitrogens with two attached hydrogens (primary N) is 1. The zero-order chi connectivity index (χ0) is 10.8. The molecular formula is C10H9BrClN3. The number of nitrogens with zero attached hydrogens (tertiary/aromatic N) is 1. The van der Waals surface area contributed by atoms with Gasteiger partial charge in [-0.1, -0.05) is 0 Å². The van der Waals surface area contributed by atoms with Crippen molar-refractivity contribution < 1.29 is 0 Å². The number of benzene rings is 1. The van der Waals surface area contributed by atoms with E-state index in [2.05, 4.69) is 25.9 Å². The maximum absolute atomic E-state index is 5.57. The van der Waals surface area contributed by atoms with Crippen molar-refractivity contribution in [2.45, 2.75) is 0 Å². The van der Waals surface area contributed by atoms with Crippen molar-refractivity contribution in [3.8, 4) is 0 Å². The third kappa shape index (κ3) is 2.16. The summed E-state index contributed by atoms with van der Waals surface area (Å²) in [7, 11) is 0. The van der Waals surface area contributed by atoms with Crippen LogP contribution in [0.15, 0.2) is 33.9 Å². The number of hydrogen-bond donors (Lipinski definition) is 2. The molecule has 2 aromatic rings. The van der Waals surface area contributed by atoms with Crippen LogP contribution in [0.25, 0.3) is 10.9 Å². The first-order valence-corrected chi connectivity index (χ1v) is 5.69. The number of rotatable bonds is 2. The lowest BCUT2D eigenvalue weighted by Gasteiger charge is -1.99. The Balaban J connectivity index is 2.54. The van der Waals surface area contributed by atoms with E-state index >= 15 is 0 Å². The summed E-state index contributed by atoms with van der Waals surface area (Å²) in [5, 5.41) is 1.09. The van der Waals surface area contributed by atoms with Gasteiger partial charge in [-0.2, -0.15) is 0 Å². The topological polar surface area (TPSA) is 54.2 Å². The number of aromatic amines is 1. The average molecular weight is 287 g/mol. The molecule has 2 rings (SSSR count). The van der Waals surface area contributed by atoms with Crippen molar-refractivity contribution in [1.29, 1.82) is 0 Å². The molecule has 78 valence electrons. The van der Waals surface area contributed by atoms with E-state index in [1.165, 1.54) is 0 Å². The minimum Gasteiger partial charge on any atom is -0.386 e. The van der Waals surface area contributed by atoms with Gasteiger partial charge in [-0.25, -0.2) is 4.99 Å². The van der Waals surface area contributed by atoms with Crippen LogP contribution < -0.4 is 5.73 Å². The molecule has 0 bridgehead atoms. The van der Waals surface area contributed by atoms with Crippen LogP contribution in [-0.2, 0) is 0 Å². The number of halogens is 2. The Kier molecular flexibility index (Phi) is 2.98. The molecule has 0 radical (unpaired) electrons. The van der Waals surface area contributed by atoms with E-state index in [0.717, 1.165) is 21.1 Å². The highest BCUT2D eigenvalue weighted by atomic mass is 79.9. The second-order valence-corrected chi connectivity index (χ2v) is 4.23. The molecule has 0 saturated heterocycles. The number of aromatic nitrogens is 1. The monoisotopic (exact) mass is 285 g/mol. The van der Waals surface area contributed by atoms with Crippen LogP contribution in [0.3, 0.4) is 0 Å². The summed E-state index contributed by atoms with van der Waals surface area (Å²) in [6.07, 6.45) is 1.88. The molecule has 0 aliphatic carbocycles. The number of amidine groups is 1. The number of alkyl halides is 1. The SMILES string of the molecule is NC(CCl)=Nc1cc(Br)c2[nH]ccc2c1. The molecule has 0 unspecified atom stereocenters. The van der Waals surface area contributed by atoms with Gasteiger partial charge in [-0.05, 0) is 34.1 Å². The maximum atomic E-state index is 5.57. The molecule has 3 N–H and O–H groups in total. The van der Waals surface area contributed by atoms with Crippen LogP contribution in [0.1, 0.15) is 0 Å². The second-order valence-electron chi connectivity index (χ2n) is 3.11. The Labute approximate surface area is 100 Å². The Morgan fingerprint density at radius 3 is 3.07 bits per heavy atom. The summed E-state index contributed by atoms with van der Waals surface area (Å²) >= 11 is 9.03. The smallest absolute Gasteiger partial charge is 0.115 e. The van der Waals surface area contributed by atoms with Crippen LogP contribution in [0.2, 0.25) is 0 Å². The summed E-state index contributed by atoms with van der Waals surface area (Å²) in [5.74, 6) is 0.654. The first-order chi connectivity index (χ1) is 7.20. The summed E-state index contributed by atoms with van der Waals surface area (Å²) in [5.41, 5.74) is 7.42. The zero-order valence-electron chi connectivity index (χ0n) is 7.80. The number of nitrogens with one attached hydrogen (secondary N) is 1. The molecule has 0 aliphatic heterocycles. The number of H-pyrrole nitrogens is 1. The van der Waals surface area contributed by atoms with Crippen LogP contribution >= 0.6 is 27.5 Å². The van der Waals surface area contributed by atoms with Gasteiger partial charge in [0.1, 0.15) is 5.84 Å². The summed E-state index contributed by atoms with van der Waals surface area (Å²) < 4.78 is 0.964. The molecule has 1 heterocycles. The third-order valence-corrected chi connectivity index (χ3v) is 2.90. The highest BCUT2D eigenvalue weighted by Crippen LogP contribution is 2.28. The summed E-state index contributed by atoms with van der Waals surface area (Å²) in [6, 6.07) is 5.84. The highest BCUT2D eigenvalue weighted by Gasteiger charge is 2.02. The van der Waals surface area contributed by atoms with Gasteiger partial charge in [0.2, 0.25) is 0 Å². The molecule has 5 heteroatoms.